The van der Waals surface area contributed by atoms with Crippen LogP contribution in [0.5, 0.6) is 0 Å². The summed E-state index contributed by atoms with van der Waals surface area (Å²) < 4.78 is 0. The van der Waals surface area contributed by atoms with Gasteiger partial charge in [0.1, 0.15) is 12.2 Å². The molecule has 0 aliphatic heterocycles. The molecule has 2 aromatic rings. The molecule has 0 aliphatic rings. The molecule has 0 atom stereocenters. The highest BCUT2D eigenvalue weighted by atomic mass is 16.4. The molecule has 0 saturated heterocycles. The Bertz CT molecular complexity index is 572. The molecule has 0 saturated carbocycles. The fraction of sp³-hybridized carbons (Fsp3) is 0.143. The summed E-state index contributed by atoms with van der Waals surface area (Å²) in [6.45, 7) is 0. The molecule has 0 unspecified atom stereocenters. The molecule has 1 N–H and O–H groups in total. The number of rotatable bonds is 4. The van der Waals surface area contributed by atoms with E-state index in [4.69, 9.17) is 5.11 Å². The van der Waals surface area contributed by atoms with Gasteiger partial charge in [0.25, 0.3) is 0 Å². The van der Waals surface area contributed by atoms with Gasteiger partial charge < -0.3 is 5.11 Å². The fourth-order valence-electron chi connectivity index (χ4n) is 1.81. The molecule has 0 bridgehead atoms. The lowest BCUT2D eigenvalue weighted by atomic mass is 10.0. The van der Waals surface area contributed by atoms with E-state index in [2.05, 4.69) is 0 Å². The van der Waals surface area contributed by atoms with E-state index in [1.807, 2.05) is 42.5 Å². The number of Topliss-reactive ketones (excluding diaryl/α,β-unsaturated/α-hetero) is 1. The van der Waals surface area contributed by atoms with Crippen molar-refractivity contribution < 1.29 is 14.7 Å². The van der Waals surface area contributed by atoms with Crippen molar-refractivity contribution in [3.05, 3.63) is 48.0 Å². The first-order valence-electron chi connectivity index (χ1n) is 5.36. The van der Waals surface area contributed by atoms with Crippen LogP contribution in [0.1, 0.15) is 12.0 Å². The number of aliphatic carboxylic acids is 1. The van der Waals surface area contributed by atoms with Crippen molar-refractivity contribution in [2.45, 2.75) is 12.8 Å². The van der Waals surface area contributed by atoms with Crippen molar-refractivity contribution in [2.24, 2.45) is 0 Å². The average molecular weight is 228 g/mol. The molecule has 0 aromatic heterocycles. The molecular formula is C14H12O3. The van der Waals surface area contributed by atoms with Crippen molar-refractivity contribution in [3.8, 4) is 0 Å². The Kier molecular flexibility index (Phi) is 3.19. The van der Waals surface area contributed by atoms with Crippen LogP contribution in [0.2, 0.25) is 0 Å². The third-order valence-electron chi connectivity index (χ3n) is 2.56. The van der Waals surface area contributed by atoms with Gasteiger partial charge in [0.2, 0.25) is 0 Å². The Morgan fingerprint density at radius 2 is 1.71 bits per heavy atom. The van der Waals surface area contributed by atoms with E-state index >= 15 is 0 Å². The van der Waals surface area contributed by atoms with Gasteiger partial charge in [-0.25, -0.2) is 0 Å². The predicted octanol–water partition coefficient (Wildman–Crippen LogP) is 2.43. The van der Waals surface area contributed by atoms with E-state index in [9.17, 15) is 9.59 Å². The first-order valence-corrected chi connectivity index (χ1v) is 5.36. The van der Waals surface area contributed by atoms with Gasteiger partial charge in [-0.3, -0.25) is 9.59 Å². The molecule has 2 rings (SSSR count). The number of benzene rings is 2. The largest absolute Gasteiger partial charge is 0.481 e. The second kappa shape index (κ2) is 4.78. The number of hydrogen-bond acceptors (Lipinski definition) is 2. The van der Waals surface area contributed by atoms with E-state index in [0.717, 1.165) is 16.3 Å². The number of hydrogen-bond donors (Lipinski definition) is 1. The van der Waals surface area contributed by atoms with Crippen molar-refractivity contribution in [2.75, 3.05) is 0 Å². The molecule has 3 nitrogen and oxygen atoms in total. The topological polar surface area (TPSA) is 54.4 Å². The van der Waals surface area contributed by atoms with Crippen LogP contribution >= 0.6 is 0 Å². The van der Waals surface area contributed by atoms with Gasteiger partial charge in [-0.15, -0.1) is 0 Å². The molecule has 2 aromatic carbocycles. The number of carboxylic acid groups (broad SMARTS) is 1. The Hall–Kier alpha value is -2.16. The molecular weight excluding hydrogens is 216 g/mol. The Labute approximate surface area is 98.7 Å². The van der Waals surface area contributed by atoms with Crippen molar-refractivity contribution >= 4 is 22.5 Å². The summed E-state index contributed by atoms with van der Waals surface area (Å²) in [5.41, 5.74) is 0.856. The van der Waals surface area contributed by atoms with E-state index in [0.29, 0.717) is 0 Å². The van der Waals surface area contributed by atoms with Crippen LogP contribution in [-0.4, -0.2) is 16.9 Å². The minimum atomic E-state index is -1.07. The minimum absolute atomic E-state index is 0.178. The predicted molar refractivity (Wildman–Crippen MR) is 64.9 cm³/mol. The van der Waals surface area contributed by atoms with Gasteiger partial charge in [0, 0.05) is 6.42 Å². The quantitative estimate of drug-likeness (QED) is 0.817. The number of fused-ring (bicyclic) bond motifs is 1. The zero-order chi connectivity index (χ0) is 12.3. The van der Waals surface area contributed by atoms with Crippen LogP contribution in [0.15, 0.2) is 42.5 Å². The van der Waals surface area contributed by atoms with E-state index in [-0.39, 0.29) is 12.2 Å². The van der Waals surface area contributed by atoms with E-state index in [1.165, 1.54) is 0 Å². The molecule has 86 valence electrons. The van der Waals surface area contributed by atoms with E-state index in [1.54, 1.807) is 0 Å². The Balaban J connectivity index is 2.19. The monoisotopic (exact) mass is 228 g/mol. The molecule has 0 aliphatic carbocycles. The summed E-state index contributed by atoms with van der Waals surface area (Å²) >= 11 is 0. The SMILES string of the molecule is O=C(O)CC(=O)Cc1ccc2ccccc2c1. The molecule has 0 radical (unpaired) electrons. The number of ketones is 1. The van der Waals surface area contributed by atoms with Crippen molar-refractivity contribution in [1.82, 2.24) is 0 Å². The summed E-state index contributed by atoms with van der Waals surface area (Å²) in [6.07, 6.45) is -0.232. The second-order valence-corrected chi connectivity index (χ2v) is 3.97. The van der Waals surface area contributed by atoms with Crippen LogP contribution in [0.3, 0.4) is 0 Å². The van der Waals surface area contributed by atoms with Crippen LogP contribution in [0.4, 0.5) is 0 Å². The normalized spacial score (nSPS) is 10.4. The highest BCUT2D eigenvalue weighted by molar-refractivity contribution is 5.96. The lowest BCUT2D eigenvalue weighted by Gasteiger charge is -2.02. The maximum Gasteiger partial charge on any atom is 0.310 e. The van der Waals surface area contributed by atoms with E-state index < -0.39 is 12.4 Å². The molecule has 0 amide bonds. The van der Waals surface area contributed by atoms with Crippen molar-refractivity contribution in [1.29, 1.82) is 0 Å². The van der Waals surface area contributed by atoms with Gasteiger partial charge in [0.15, 0.2) is 0 Å². The number of carbonyl (C=O) groups is 2. The third-order valence-corrected chi connectivity index (χ3v) is 2.56. The average Bonchev–Trinajstić information content (AvgIpc) is 2.27. The Morgan fingerprint density at radius 3 is 2.41 bits per heavy atom. The third kappa shape index (κ3) is 2.91. The van der Waals surface area contributed by atoms with Gasteiger partial charge in [-0.2, -0.15) is 0 Å². The first-order chi connectivity index (χ1) is 8.15. The zero-order valence-electron chi connectivity index (χ0n) is 9.22. The highest BCUT2D eigenvalue weighted by Gasteiger charge is 2.08. The van der Waals surface area contributed by atoms with Crippen LogP contribution < -0.4 is 0 Å². The van der Waals surface area contributed by atoms with Gasteiger partial charge >= 0.3 is 5.97 Å². The summed E-state index contributed by atoms with van der Waals surface area (Å²) in [5.74, 6) is -1.34. The molecule has 0 heterocycles. The molecule has 17 heavy (non-hydrogen) atoms. The van der Waals surface area contributed by atoms with Crippen LogP contribution in [0, 0.1) is 0 Å². The summed E-state index contributed by atoms with van der Waals surface area (Å²) in [6, 6.07) is 13.6. The standard InChI is InChI=1S/C14H12O3/c15-13(9-14(16)17)8-10-5-6-11-3-1-2-4-12(11)7-10/h1-7H,8-9H2,(H,16,17). The van der Waals surface area contributed by atoms with Gasteiger partial charge in [-0.1, -0.05) is 42.5 Å². The highest BCUT2D eigenvalue weighted by Crippen LogP contribution is 2.16. The zero-order valence-corrected chi connectivity index (χ0v) is 9.22. The smallest absolute Gasteiger partial charge is 0.310 e. The summed E-state index contributed by atoms with van der Waals surface area (Å²) in [7, 11) is 0. The molecule has 0 spiro atoms. The Morgan fingerprint density at radius 1 is 1.00 bits per heavy atom. The fourth-order valence-corrected chi connectivity index (χ4v) is 1.81. The maximum atomic E-state index is 11.4. The second-order valence-electron chi connectivity index (χ2n) is 3.97. The lowest BCUT2D eigenvalue weighted by Crippen LogP contribution is -2.09. The molecule has 0 fully saturated rings. The summed E-state index contributed by atoms with van der Waals surface area (Å²) in [4.78, 5) is 21.8. The van der Waals surface area contributed by atoms with Crippen LogP contribution in [-0.2, 0) is 16.0 Å². The first kappa shape index (κ1) is 11.3. The van der Waals surface area contributed by atoms with Crippen molar-refractivity contribution in [3.63, 3.8) is 0 Å². The van der Waals surface area contributed by atoms with Gasteiger partial charge in [0.05, 0.1) is 0 Å². The lowest BCUT2D eigenvalue weighted by molar-refractivity contribution is -0.140. The minimum Gasteiger partial charge on any atom is -0.481 e. The molecule has 3 heteroatoms. The summed E-state index contributed by atoms with van der Waals surface area (Å²) in [5, 5.41) is 10.7. The van der Waals surface area contributed by atoms with Crippen LogP contribution in [0.25, 0.3) is 10.8 Å². The number of carboxylic acids is 1. The number of carbonyl (C=O) groups excluding carboxylic acids is 1. The van der Waals surface area contributed by atoms with Gasteiger partial charge in [-0.05, 0) is 16.3 Å². The maximum absolute atomic E-state index is 11.4.